The molecule has 1 heterocycles. The molecule has 1 amide bonds. The monoisotopic (exact) mass is 478 g/mol. The van der Waals surface area contributed by atoms with E-state index in [1.807, 2.05) is 30.3 Å². The number of aromatic nitrogens is 1. The van der Waals surface area contributed by atoms with Crippen LogP contribution >= 0.6 is 0 Å². The van der Waals surface area contributed by atoms with Crippen LogP contribution in [0, 0.1) is 0 Å². The van der Waals surface area contributed by atoms with Gasteiger partial charge in [0.15, 0.2) is 5.78 Å². The predicted octanol–water partition coefficient (Wildman–Crippen LogP) is 6.30. The van der Waals surface area contributed by atoms with E-state index >= 15 is 0 Å². The summed E-state index contributed by atoms with van der Waals surface area (Å²) in [6.07, 6.45) is -3.90. The molecule has 0 aliphatic heterocycles. The van der Waals surface area contributed by atoms with Crippen LogP contribution in [0.3, 0.4) is 0 Å². The highest BCUT2D eigenvalue weighted by Crippen LogP contribution is 2.34. The van der Waals surface area contributed by atoms with Crippen molar-refractivity contribution in [2.24, 2.45) is 0 Å². The molecular formula is C27H21F3N2O3. The van der Waals surface area contributed by atoms with Gasteiger partial charge in [0, 0.05) is 23.2 Å². The first-order valence-corrected chi connectivity index (χ1v) is 10.8. The topological polar surface area (TPSA) is 82.2 Å². The Labute approximate surface area is 199 Å². The van der Waals surface area contributed by atoms with E-state index in [1.165, 1.54) is 12.1 Å². The van der Waals surface area contributed by atoms with Gasteiger partial charge in [-0.1, -0.05) is 54.6 Å². The lowest BCUT2D eigenvalue weighted by Crippen LogP contribution is -2.18. The first-order chi connectivity index (χ1) is 16.8. The van der Waals surface area contributed by atoms with Gasteiger partial charge in [0.1, 0.15) is 0 Å². The van der Waals surface area contributed by atoms with Gasteiger partial charge < -0.3 is 4.98 Å². The molecule has 3 aromatic carbocycles. The van der Waals surface area contributed by atoms with Crippen LogP contribution in [0.2, 0.25) is 0 Å². The van der Waals surface area contributed by atoms with Gasteiger partial charge in [0.25, 0.3) is 5.91 Å². The van der Waals surface area contributed by atoms with E-state index < -0.39 is 17.6 Å². The van der Waals surface area contributed by atoms with E-state index in [2.05, 4.69) is 4.98 Å². The van der Waals surface area contributed by atoms with Gasteiger partial charge in [-0.05, 0) is 53.4 Å². The molecule has 35 heavy (non-hydrogen) atoms. The maximum atomic E-state index is 13.2. The lowest BCUT2D eigenvalue weighted by molar-refractivity contribution is -0.137. The van der Waals surface area contributed by atoms with E-state index in [0.29, 0.717) is 28.9 Å². The normalized spacial score (nSPS) is 11.3. The van der Waals surface area contributed by atoms with E-state index in [-0.39, 0.29) is 17.8 Å². The minimum absolute atomic E-state index is 0.147. The number of nitrogens with one attached hydrogen (secondary N) is 2. The van der Waals surface area contributed by atoms with Gasteiger partial charge in [-0.2, -0.15) is 13.2 Å². The number of hydrogen-bond acceptors (Lipinski definition) is 3. The number of amides is 1. The largest absolute Gasteiger partial charge is 0.416 e. The summed E-state index contributed by atoms with van der Waals surface area (Å²) in [5.74, 6) is -0.826. The molecule has 0 radical (unpaired) electrons. The van der Waals surface area contributed by atoms with Gasteiger partial charge >= 0.3 is 6.18 Å². The molecule has 0 atom stereocenters. The van der Waals surface area contributed by atoms with Gasteiger partial charge in [-0.15, -0.1) is 0 Å². The molecule has 4 aromatic rings. The van der Waals surface area contributed by atoms with Crippen LogP contribution in [0.15, 0.2) is 84.9 Å². The first-order valence-electron chi connectivity index (χ1n) is 10.8. The van der Waals surface area contributed by atoms with E-state index in [1.54, 1.807) is 35.8 Å². The molecule has 0 unspecified atom stereocenters. The standard InChI is InChI=1S/C27H21F3N2O3/c28-27(29,30)21-13-11-18(12-14-21)22-16-23(19-4-2-1-3-5-19)31-25(22)24(33)15-8-17-6-9-20(10-7-17)26(34)32-35/h1-7,9-14,16,31,35H,8,15H2,(H,32,34). The number of Topliss-reactive ketones (excluding diaryl/α,β-unsaturated/α-hetero) is 1. The van der Waals surface area contributed by atoms with Crippen molar-refractivity contribution in [1.29, 1.82) is 0 Å². The predicted molar refractivity (Wildman–Crippen MR) is 125 cm³/mol. The zero-order chi connectivity index (χ0) is 25.0. The van der Waals surface area contributed by atoms with Crippen molar-refractivity contribution in [2.45, 2.75) is 19.0 Å². The Morgan fingerprint density at radius 2 is 1.51 bits per heavy atom. The van der Waals surface area contributed by atoms with Gasteiger partial charge in [-0.25, -0.2) is 5.48 Å². The van der Waals surface area contributed by atoms with Crippen molar-refractivity contribution >= 4 is 11.7 Å². The summed E-state index contributed by atoms with van der Waals surface area (Å²) in [5.41, 5.74) is 4.78. The van der Waals surface area contributed by atoms with Crippen LogP contribution in [0.4, 0.5) is 13.2 Å². The maximum Gasteiger partial charge on any atom is 0.416 e. The first kappa shape index (κ1) is 24.0. The number of carbonyl (C=O) groups is 2. The van der Waals surface area contributed by atoms with Crippen molar-refractivity contribution in [1.82, 2.24) is 10.5 Å². The smallest absolute Gasteiger partial charge is 0.352 e. The Bertz CT molecular complexity index is 1330. The fraction of sp³-hybridized carbons (Fsp3) is 0.111. The number of alkyl halides is 3. The number of aryl methyl sites for hydroxylation is 1. The van der Waals surface area contributed by atoms with Crippen LogP contribution in [0.1, 0.15) is 38.4 Å². The number of hydrogen-bond donors (Lipinski definition) is 3. The van der Waals surface area contributed by atoms with Crippen molar-refractivity contribution < 1.29 is 28.0 Å². The Morgan fingerprint density at radius 3 is 2.11 bits per heavy atom. The van der Waals surface area contributed by atoms with Crippen molar-refractivity contribution in [2.75, 3.05) is 0 Å². The number of hydroxylamine groups is 1. The third-order valence-electron chi connectivity index (χ3n) is 5.66. The van der Waals surface area contributed by atoms with Gasteiger partial charge in [0.05, 0.1) is 11.3 Å². The highest BCUT2D eigenvalue weighted by Gasteiger charge is 2.30. The lowest BCUT2D eigenvalue weighted by atomic mass is 9.98. The second-order valence-corrected chi connectivity index (χ2v) is 7.97. The van der Waals surface area contributed by atoms with Crippen molar-refractivity contribution in [3.63, 3.8) is 0 Å². The minimum Gasteiger partial charge on any atom is -0.352 e. The summed E-state index contributed by atoms with van der Waals surface area (Å²) in [5, 5.41) is 8.72. The third kappa shape index (κ3) is 5.50. The molecule has 0 aliphatic rings. The number of rotatable bonds is 7. The third-order valence-corrected chi connectivity index (χ3v) is 5.66. The molecule has 0 fully saturated rings. The van der Waals surface area contributed by atoms with Crippen LogP contribution < -0.4 is 5.48 Å². The van der Waals surface area contributed by atoms with Crippen molar-refractivity contribution in [3.05, 3.63) is 107 Å². The fourth-order valence-corrected chi connectivity index (χ4v) is 3.78. The van der Waals surface area contributed by atoms with Crippen LogP contribution in [0.25, 0.3) is 22.4 Å². The van der Waals surface area contributed by atoms with Gasteiger partial charge in [-0.3, -0.25) is 14.8 Å². The summed E-state index contributed by atoms with van der Waals surface area (Å²) in [7, 11) is 0. The molecule has 178 valence electrons. The Balaban J connectivity index is 1.61. The molecule has 0 aliphatic carbocycles. The average molecular weight is 478 g/mol. The molecular weight excluding hydrogens is 457 g/mol. The molecule has 4 rings (SSSR count). The highest BCUT2D eigenvalue weighted by atomic mass is 19.4. The summed E-state index contributed by atoms with van der Waals surface area (Å²) in [6, 6.07) is 22.3. The highest BCUT2D eigenvalue weighted by molar-refractivity contribution is 6.02. The number of carbonyl (C=O) groups excluding carboxylic acids is 2. The Kier molecular flexibility index (Phi) is 6.84. The van der Waals surface area contributed by atoms with Crippen LogP contribution in [0.5, 0.6) is 0 Å². The van der Waals surface area contributed by atoms with E-state index in [4.69, 9.17) is 5.21 Å². The Morgan fingerprint density at radius 1 is 0.857 bits per heavy atom. The molecule has 8 heteroatoms. The second-order valence-electron chi connectivity index (χ2n) is 7.97. The quantitative estimate of drug-likeness (QED) is 0.166. The molecule has 0 bridgehead atoms. The number of H-pyrrole nitrogens is 1. The summed E-state index contributed by atoms with van der Waals surface area (Å²) < 4.78 is 39.0. The maximum absolute atomic E-state index is 13.2. The molecule has 0 saturated carbocycles. The molecule has 0 spiro atoms. The minimum atomic E-state index is -4.45. The van der Waals surface area contributed by atoms with E-state index in [9.17, 15) is 22.8 Å². The molecule has 0 saturated heterocycles. The average Bonchev–Trinajstić information content (AvgIpc) is 3.33. The summed E-state index contributed by atoms with van der Waals surface area (Å²) in [6.45, 7) is 0. The second kappa shape index (κ2) is 9.99. The number of benzene rings is 3. The van der Waals surface area contributed by atoms with Crippen LogP contribution in [-0.2, 0) is 12.6 Å². The number of halogens is 3. The van der Waals surface area contributed by atoms with Crippen LogP contribution in [-0.4, -0.2) is 21.9 Å². The van der Waals surface area contributed by atoms with E-state index in [0.717, 1.165) is 23.3 Å². The summed E-state index contributed by atoms with van der Waals surface area (Å²) >= 11 is 0. The SMILES string of the molecule is O=C(NO)c1ccc(CCC(=O)c2[nH]c(-c3ccccc3)cc2-c2ccc(C(F)(F)F)cc2)cc1. The fourth-order valence-electron chi connectivity index (χ4n) is 3.78. The Hall–Kier alpha value is -4.17. The zero-order valence-corrected chi connectivity index (χ0v) is 18.4. The molecule has 3 N–H and O–H groups in total. The zero-order valence-electron chi connectivity index (χ0n) is 18.4. The molecule has 5 nitrogen and oxygen atoms in total. The number of aromatic amines is 1. The lowest BCUT2D eigenvalue weighted by Gasteiger charge is -2.08. The number of ketones is 1. The van der Waals surface area contributed by atoms with Crippen molar-refractivity contribution in [3.8, 4) is 22.4 Å². The molecule has 1 aromatic heterocycles. The van der Waals surface area contributed by atoms with Gasteiger partial charge in [0.2, 0.25) is 0 Å². The summed E-state index contributed by atoms with van der Waals surface area (Å²) in [4.78, 5) is 27.8.